The molecule has 0 saturated carbocycles. The van der Waals surface area contributed by atoms with Crippen molar-refractivity contribution in [2.24, 2.45) is 0 Å². The third kappa shape index (κ3) is 4.36. The fraction of sp³-hybridized carbons (Fsp3) is 0.364. The van der Waals surface area contributed by atoms with Crippen LogP contribution in [0.25, 0.3) is 22.0 Å². The second-order valence-corrected chi connectivity index (χ2v) is 7.85. The first kappa shape index (κ1) is 22.9. The van der Waals surface area contributed by atoms with E-state index in [-0.39, 0.29) is 54.6 Å². The third-order valence-corrected chi connectivity index (χ3v) is 5.70. The summed E-state index contributed by atoms with van der Waals surface area (Å²) in [5.41, 5.74) is -1.93. The molecule has 4 rings (SSSR count). The lowest BCUT2D eigenvalue weighted by atomic mass is 10.0. The Morgan fingerprint density at radius 3 is 2.55 bits per heavy atom. The molecule has 1 aliphatic rings. The van der Waals surface area contributed by atoms with E-state index in [1.807, 2.05) is 0 Å². The summed E-state index contributed by atoms with van der Waals surface area (Å²) in [5.74, 6) is -1.93. The highest BCUT2D eigenvalue weighted by molar-refractivity contribution is 5.95. The van der Waals surface area contributed by atoms with Crippen molar-refractivity contribution in [3.05, 3.63) is 58.4 Å². The average Bonchev–Trinajstić information content (AvgIpc) is 3.34. The molecule has 33 heavy (non-hydrogen) atoms. The van der Waals surface area contributed by atoms with Gasteiger partial charge in [-0.25, -0.2) is 13.2 Å². The summed E-state index contributed by atoms with van der Waals surface area (Å²) >= 11 is 0. The maximum Gasteiger partial charge on any atom is 0.419 e. The van der Waals surface area contributed by atoms with E-state index in [1.165, 1.54) is 27.9 Å². The number of aryl methyl sites for hydroxylation is 1. The highest BCUT2D eigenvalue weighted by atomic mass is 19.4. The van der Waals surface area contributed by atoms with Crippen molar-refractivity contribution in [2.45, 2.75) is 31.9 Å². The molecule has 2 aromatic heterocycles. The zero-order valence-corrected chi connectivity index (χ0v) is 17.2. The molecular formula is C22H19F6N3O2. The highest BCUT2D eigenvalue weighted by Crippen LogP contribution is 2.36. The van der Waals surface area contributed by atoms with Gasteiger partial charge in [0.1, 0.15) is 25.2 Å². The quantitative estimate of drug-likeness (QED) is 0.525. The van der Waals surface area contributed by atoms with Gasteiger partial charge < -0.3 is 14.0 Å². The largest absolute Gasteiger partial charge is 0.419 e. The van der Waals surface area contributed by atoms with Gasteiger partial charge in [0.15, 0.2) is 0 Å². The molecule has 1 amide bonds. The Morgan fingerprint density at radius 1 is 1.15 bits per heavy atom. The minimum Gasteiger partial charge on any atom is -0.344 e. The van der Waals surface area contributed by atoms with Crippen LogP contribution in [-0.2, 0) is 24.1 Å². The van der Waals surface area contributed by atoms with Crippen molar-refractivity contribution in [3.63, 3.8) is 0 Å². The molecular weight excluding hydrogens is 452 g/mol. The summed E-state index contributed by atoms with van der Waals surface area (Å²) in [6.45, 7) is -1.17. The Balaban J connectivity index is 1.82. The average molecular weight is 471 g/mol. The molecule has 1 aliphatic heterocycles. The number of likely N-dealkylation sites (tertiary alicyclic amines) is 1. The van der Waals surface area contributed by atoms with Crippen LogP contribution >= 0.6 is 0 Å². The molecule has 11 heteroatoms. The molecule has 1 unspecified atom stereocenters. The normalized spacial score (nSPS) is 16.7. The number of carbonyl (C=O) groups is 1. The van der Waals surface area contributed by atoms with Crippen molar-refractivity contribution in [1.82, 2.24) is 14.0 Å². The maximum atomic E-state index is 13.8. The van der Waals surface area contributed by atoms with Gasteiger partial charge in [-0.15, -0.1) is 0 Å². The van der Waals surface area contributed by atoms with Gasteiger partial charge in [0, 0.05) is 24.5 Å². The number of amides is 1. The van der Waals surface area contributed by atoms with Crippen LogP contribution in [0.3, 0.4) is 0 Å². The van der Waals surface area contributed by atoms with Crippen LogP contribution in [0.15, 0.2) is 41.5 Å². The third-order valence-electron chi connectivity index (χ3n) is 5.70. The van der Waals surface area contributed by atoms with Gasteiger partial charge in [-0.3, -0.25) is 9.59 Å². The van der Waals surface area contributed by atoms with Gasteiger partial charge in [-0.05, 0) is 30.2 Å². The Kier molecular flexibility index (Phi) is 5.98. The topological polar surface area (TPSA) is 47.2 Å². The Bertz CT molecular complexity index is 1260. The van der Waals surface area contributed by atoms with Crippen LogP contribution in [-0.4, -0.2) is 45.9 Å². The first-order valence-corrected chi connectivity index (χ1v) is 10.2. The summed E-state index contributed by atoms with van der Waals surface area (Å²) in [7, 11) is 0. The summed E-state index contributed by atoms with van der Waals surface area (Å²) in [6.07, 6.45) is -3.21. The van der Waals surface area contributed by atoms with Gasteiger partial charge in [-0.1, -0.05) is 6.07 Å². The van der Waals surface area contributed by atoms with Gasteiger partial charge >= 0.3 is 6.18 Å². The molecule has 1 fully saturated rings. The highest BCUT2D eigenvalue weighted by Gasteiger charge is 2.34. The number of rotatable bonds is 5. The lowest BCUT2D eigenvalue weighted by Crippen LogP contribution is -2.35. The summed E-state index contributed by atoms with van der Waals surface area (Å²) < 4.78 is 82.4. The Labute approximate surface area is 183 Å². The van der Waals surface area contributed by atoms with E-state index in [9.17, 15) is 35.9 Å². The number of nitrogens with zero attached hydrogens (tertiary/aromatic N) is 3. The number of alkyl halides is 5. The second-order valence-electron chi connectivity index (χ2n) is 7.85. The van der Waals surface area contributed by atoms with Crippen LogP contribution < -0.4 is 5.56 Å². The number of halogens is 6. The fourth-order valence-corrected chi connectivity index (χ4v) is 4.07. The molecule has 5 nitrogen and oxygen atoms in total. The van der Waals surface area contributed by atoms with Crippen LogP contribution in [0.2, 0.25) is 0 Å². The molecule has 1 atom stereocenters. The monoisotopic (exact) mass is 471 g/mol. The standard InChI is InChI=1S/C22H19F6N3O2/c23-5-8-29-11-15(13-1-2-17(25)16(9-13)22(26,27)28)20-18(29)4-7-31(21(20)33)12-19(32)30-6-3-14(24)10-30/h1-2,4,7,9,11,14H,3,5-6,8,10,12H2. The predicted molar refractivity (Wildman–Crippen MR) is 109 cm³/mol. The maximum absolute atomic E-state index is 13.8. The number of carbonyl (C=O) groups excluding carboxylic acids is 1. The van der Waals surface area contributed by atoms with Crippen LogP contribution in [0.5, 0.6) is 0 Å². The number of hydrogen-bond donors (Lipinski definition) is 0. The van der Waals surface area contributed by atoms with Crippen LogP contribution in [0.1, 0.15) is 12.0 Å². The Morgan fingerprint density at radius 2 is 1.91 bits per heavy atom. The molecule has 0 spiro atoms. The first-order chi connectivity index (χ1) is 15.6. The second kappa shape index (κ2) is 8.60. The van der Waals surface area contributed by atoms with E-state index < -0.39 is 41.9 Å². The number of hydrogen-bond acceptors (Lipinski definition) is 2. The summed E-state index contributed by atoms with van der Waals surface area (Å²) in [5, 5.41) is -0.0247. The molecule has 0 radical (unpaired) electrons. The van der Waals surface area contributed by atoms with Gasteiger partial charge in [0.25, 0.3) is 5.56 Å². The zero-order chi connectivity index (χ0) is 23.9. The molecule has 1 saturated heterocycles. The molecule has 0 N–H and O–H groups in total. The molecule has 3 heterocycles. The van der Waals surface area contributed by atoms with E-state index in [0.29, 0.717) is 12.1 Å². The Hall–Kier alpha value is -3.24. The molecule has 0 bridgehead atoms. The smallest absolute Gasteiger partial charge is 0.344 e. The first-order valence-electron chi connectivity index (χ1n) is 10.2. The van der Waals surface area contributed by atoms with Crippen LogP contribution in [0, 0.1) is 5.82 Å². The van der Waals surface area contributed by atoms with Crippen molar-refractivity contribution in [2.75, 3.05) is 19.8 Å². The number of pyridine rings is 1. The number of benzene rings is 1. The molecule has 0 aliphatic carbocycles. The van der Waals surface area contributed by atoms with E-state index >= 15 is 0 Å². The SMILES string of the molecule is O=C(Cn1ccc2c(c(-c3ccc(F)c(C(F)(F)F)c3)cn2CCF)c1=O)N1CCC(F)C1. The van der Waals surface area contributed by atoms with E-state index in [4.69, 9.17) is 0 Å². The van der Waals surface area contributed by atoms with Gasteiger partial charge in [0.05, 0.1) is 29.6 Å². The van der Waals surface area contributed by atoms with Gasteiger partial charge in [-0.2, -0.15) is 13.2 Å². The minimum absolute atomic E-state index is 0.0247. The fourth-order valence-electron chi connectivity index (χ4n) is 4.07. The van der Waals surface area contributed by atoms with Crippen molar-refractivity contribution in [1.29, 1.82) is 0 Å². The van der Waals surface area contributed by atoms with Gasteiger partial charge in [0.2, 0.25) is 5.91 Å². The predicted octanol–water partition coefficient (Wildman–Crippen LogP) is 4.17. The van der Waals surface area contributed by atoms with E-state index in [1.54, 1.807) is 0 Å². The molecule has 1 aromatic carbocycles. The van der Waals surface area contributed by atoms with E-state index in [2.05, 4.69) is 0 Å². The summed E-state index contributed by atoms with van der Waals surface area (Å²) in [4.78, 5) is 27.0. The van der Waals surface area contributed by atoms with Crippen LogP contribution in [0.4, 0.5) is 26.3 Å². The van der Waals surface area contributed by atoms with E-state index in [0.717, 1.165) is 10.6 Å². The number of fused-ring (bicyclic) bond motifs is 1. The number of aromatic nitrogens is 2. The van der Waals surface area contributed by atoms with Crippen molar-refractivity contribution in [3.8, 4) is 11.1 Å². The minimum atomic E-state index is -4.95. The molecule has 3 aromatic rings. The molecule has 176 valence electrons. The summed E-state index contributed by atoms with van der Waals surface area (Å²) in [6, 6.07) is 3.81. The lowest BCUT2D eigenvalue weighted by molar-refractivity contribution is -0.140. The van der Waals surface area contributed by atoms with Crippen molar-refractivity contribution >= 4 is 16.8 Å². The zero-order valence-electron chi connectivity index (χ0n) is 17.2. The van der Waals surface area contributed by atoms with Crippen molar-refractivity contribution < 1.29 is 31.1 Å². The lowest BCUT2D eigenvalue weighted by Gasteiger charge is -2.16.